The number of aromatic nitrogens is 3. The Morgan fingerprint density at radius 2 is 1.89 bits per heavy atom. The number of hydrogen-bond acceptors (Lipinski definition) is 6. The van der Waals surface area contributed by atoms with Crippen molar-refractivity contribution < 1.29 is 9.59 Å². The lowest BCUT2D eigenvalue weighted by atomic mass is 10.00. The summed E-state index contributed by atoms with van der Waals surface area (Å²) in [5, 5.41) is 10.1. The molecule has 236 valence electrons. The Hall–Kier alpha value is -4.70. The fourth-order valence-electron chi connectivity index (χ4n) is 5.91. The van der Waals surface area contributed by atoms with Crippen LogP contribution in [0.3, 0.4) is 0 Å². The maximum atomic E-state index is 13.8. The van der Waals surface area contributed by atoms with Crippen LogP contribution in [0.4, 0.5) is 5.82 Å². The maximum absolute atomic E-state index is 13.8. The van der Waals surface area contributed by atoms with Gasteiger partial charge in [0.2, 0.25) is 5.91 Å². The zero-order valence-electron chi connectivity index (χ0n) is 26.2. The third-order valence-corrected chi connectivity index (χ3v) is 8.27. The Bertz CT molecular complexity index is 1720. The van der Waals surface area contributed by atoms with Crippen molar-refractivity contribution in [2.45, 2.75) is 52.6 Å². The molecular formula is C35H43N7O3. The first-order valence-electron chi connectivity index (χ1n) is 15.8. The molecule has 10 heteroatoms. The van der Waals surface area contributed by atoms with Crippen molar-refractivity contribution >= 4 is 28.5 Å². The molecule has 0 saturated carbocycles. The number of unbranched alkanes of at least 4 members (excludes halogenated alkanes) is 1. The van der Waals surface area contributed by atoms with Gasteiger partial charge in [-0.2, -0.15) is 0 Å². The van der Waals surface area contributed by atoms with Gasteiger partial charge in [0.15, 0.2) is 0 Å². The highest BCUT2D eigenvalue weighted by Gasteiger charge is 2.18. The van der Waals surface area contributed by atoms with Crippen LogP contribution >= 0.6 is 0 Å². The molecule has 4 heterocycles. The lowest BCUT2D eigenvalue weighted by molar-refractivity contribution is -0.116. The van der Waals surface area contributed by atoms with Crippen molar-refractivity contribution in [1.82, 2.24) is 30.5 Å². The van der Waals surface area contributed by atoms with E-state index in [1.165, 1.54) is 6.08 Å². The number of carbonyl (C=O) groups is 2. The molecule has 10 nitrogen and oxygen atoms in total. The smallest absolute Gasteiger partial charge is 0.253 e. The lowest BCUT2D eigenvalue weighted by Gasteiger charge is -2.28. The van der Waals surface area contributed by atoms with Gasteiger partial charge in [-0.05, 0) is 79.8 Å². The third-order valence-electron chi connectivity index (χ3n) is 8.27. The number of aromatic amines is 1. The second kappa shape index (κ2) is 14.9. The number of carbonyl (C=O) groups excluding carboxylic acids is 2. The minimum absolute atomic E-state index is 0.146. The number of piperazine rings is 1. The van der Waals surface area contributed by atoms with Crippen molar-refractivity contribution in [2.75, 3.05) is 37.6 Å². The van der Waals surface area contributed by atoms with Gasteiger partial charge in [-0.25, -0.2) is 4.98 Å². The molecule has 2 amide bonds. The molecule has 0 spiro atoms. The van der Waals surface area contributed by atoms with E-state index in [-0.39, 0.29) is 23.9 Å². The summed E-state index contributed by atoms with van der Waals surface area (Å²) in [7, 11) is 0. The maximum Gasteiger partial charge on any atom is 0.253 e. The summed E-state index contributed by atoms with van der Waals surface area (Å²) in [5.41, 5.74) is 5.51. The summed E-state index contributed by atoms with van der Waals surface area (Å²) >= 11 is 0. The predicted molar refractivity (Wildman–Crippen MR) is 180 cm³/mol. The molecule has 45 heavy (non-hydrogen) atoms. The van der Waals surface area contributed by atoms with Crippen LogP contribution in [0.5, 0.6) is 0 Å². The van der Waals surface area contributed by atoms with E-state index < -0.39 is 0 Å². The summed E-state index contributed by atoms with van der Waals surface area (Å²) in [4.78, 5) is 48.0. The molecule has 1 aliphatic rings. The monoisotopic (exact) mass is 609 g/mol. The van der Waals surface area contributed by atoms with Gasteiger partial charge in [0.1, 0.15) is 5.82 Å². The topological polar surface area (TPSA) is 124 Å². The molecular weight excluding hydrogens is 566 g/mol. The Kier molecular flexibility index (Phi) is 10.5. The van der Waals surface area contributed by atoms with Gasteiger partial charge < -0.3 is 30.4 Å². The molecule has 5 rings (SSSR count). The predicted octanol–water partition coefficient (Wildman–Crippen LogP) is 4.07. The van der Waals surface area contributed by atoms with Gasteiger partial charge in [-0.1, -0.05) is 19.9 Å². The number of anilines is 1. The highest BCUT2D eigenvalue weighted by atomic mass is 16.2. The molecule has 4 N–H and O–H groups in total. The Morgan fingerprint density at radius 1 is 1.07 bits per heavy atom. The molecule has 4 aromatic rings. The Labute approximate surface area is 263 Å². The Morgan fingerprint density at radius 3 is 2.62 bits per heavy atom. The number of fused-ring (bicyclic) bond motifs is 1. The number of H-pyrrole nitrogens is 1. The zero-order valence-corrected chi connectivity index (χ0v) is 26.2. The normalized spacial score (nSPS) is 13.2. The number of hydrogen-bond donors (Lipinski definition) is 4. The van der Waals surface area contributed by atoms with E-state index in [4.69, 9.17) is 4.98 Å². The van der Waals surface area contributed by atoms with E-state index in [2.05, 4.69) is 56.0 Å². The van der Waals surface area contributed by atoms with Crippen molar-refractivity contribution in [3.05, 3.63) is 94.2 Å². The highest BCUT2D eigenvalue weighted by Crippen LogP contribution is 2.30. The summed E-state index contributed by atoms with van der Waals surface area (Å²) < 4.78 is 2.15. The Balaban J connectivity index is 1.43. The van der Waals surface area contributed by atoms with Crippen molar-refractivity contribution in [3.63, 3.8) is 0 Å². The van der Waals surface area contributed by atoms with Crippen LogP contribution in [-0.2, 0) is 24.3 Å². The van der Waals surface area contributed by atoms with Crippen LogP contribution in [0, 0.1) is 6.92 Å². The summed E-state index contributed by atoms with van der Waals surface area (Å²) in [5.74, 6) is 0.532. The van der Waals surface area contributed by atoms with Crippen LogP contribution in [0.15, 0.2) is 66.2 Å². The van der Waals surface area contributed by atoms with Crippen LogP contribution < -0.4 is 26.4 Å². The fraction of sp³-hybridized carbons (Fsp3) is 0.371. The second-order valence-corrected chi connectivity index (χ2v) is 11.5. The summed E-state index contributed by atoms with van der Waals surface area (Å²) in [6, 6.07) is 12.1. The molecule has 0 aliphatic carbocycles. The number of pyridine rings is 2. The highest BCUT2D eigenvalue weighted by molar-refractivity contribution is 6.08. The van der Waals surface area contributed by atoms with Crippen molar-refractivity contribution in [3.8, 4) is 11.1 Å². The number of amides is 2. The number of nitrogens with one attached hydrogen (secondary N) is 4. The van der Waals surface area contributed by atoms with Crippen LogP contribution in [0.2, 0.25) is 0 Å². The quantitative estimate of drug-likeness (QED) is 0.134. The molecule has 1 fully saturated rings. The van der Waals surface area contributed by atoms with Crippen molar-refractivity contribution in [2.24, 2.45) is 0 Å². The minimum atomic E-state index is -0.237. The van der Waals surface area contributed by atoms with E-state index in [0.29, 0.717) is 17.7 Å². The van der Waals surface area contributed by atoms with Gasteiger partial charge in [0.05, 0.1) is 0 Å². The number of benzene rings is 1. The first kappa shape index (κ1) is 31.7. The van der Waals surface area contributed by atoms with E-state index in [1.807, 2.05) is 43.6 Å². The minimum Gasteiger partial charge on any atom is -0.354 e. The standard InChI is InChI=1S/C35H43N7O3/c1-4-8-25-19-24(3)40-35(45)30(25)23-39-34(44)29-20-27(26-9-10-32(38-22-26)42-17-13-36-14-18-42)21-31-28(29)11-16-41(31)15-7-6-12-37-33(43)5-2/h5,9-11,16,19-22,36H,2,4,6-8,12-15,17-18,23H2,1,3H3,(H,37,43)(H,39,44)(H,40,45). The van der Waals surface area contributed by atoms with E-state index in [1.54, 1.807) is 0 Å². The summed E-state index contributed by atoms with van der Waals surface area (Å²) in [6.45, 7) is 12.6. The largest absolute Gasteiger partial charge is 0.354 e. The van der Waals surface area contributed by atoms with E-state index >= 15 is 0 Å². The van der Waals surface area contributed by atoms with Gasteiger partial charge in [0.25, 0.3) is 11.5 Å². The zero-order chi connectivity index (χ0) is 31.8. The molecule has 1 aromatic carbocycles. The molecule has 0 unspecified atom stereocenters. The van der Waals surface area contributed by atoms with Gasteiger partial charge in [0, 0.05) is 91.5 Å². The van der Waals surface area contributed by atoms with E-state index in [0.717, 1.165) is 97.5 Å². The molecule has 0 bridgehead atoms. The number of rotatable bonds is 13. The first-order chi connectivity index (χ1) is 21.9. The second-order valence-electron chi connectivity index (χ2n) is 11.5. The van der Waals surface area contributed by atoms with Crippen molar-refractivity contribution in [1.29, 1.82) is 0 Å². The number of nitrogens with zero attached hydrogens (tertiary/aromatic N) is 3. The summed E-state index contributed by atoms with van der Waals surface area (Å²) in [6.07, 6.45) is 8.49. The third kappa shape index (κ3) is 7.69. The van der Waals surface area contributed by atoms with Gasteiger partial charge in [-0.3, -0.25) is 14.4 Å². The van der Waals surface area contributed by atoms with Crippen LogP contribution in [0.1, 0.15) is 53.4 Å². The lowest BCUT2D eigenvalue weighted by Crippen LogP contribution is -2.43. The average molecular weight is 610 g/mol. The number of aryl methyl sites for hydroxylation is 3. The molecule has 3 aromatic heterocycles. The molecule has 1 aliphatic heterocycles. The van der Waals surface area contributed by atoms with Crippen LogP contribution in [0.25, 0.3) is 22.0 Å². The SMILES string of the molecule is C=CC(=O)NCCCCn1ccc2c(C(=O)NCc3c(CCC)cc(C)[nH]c3=O)cc(-c3ccc(N4CCNCC4)nc3)cc21. The average Bonchev–Trinajstić information content (AvgIpc) is 3.46. The first-order valence-corrected chi connectivity index (χ1v) is 15.8. The molecule has 1 saturated heterocycles. The molecule has 0 radical (unpaired) electrons. The van der Waals surface area contributed by atoms with Gasteiger partial charge >= 0.3 is 0 Å². The fourth-order valence-corrected chi connectivity index (χ4v) is 5.91. The van der Waals surface area contributed by atoms with E-state index in [9.17, 15) is 14.4 Å². The van der Waals surface area contributed by atoms with Crippen LogP contribution in [-0.4, -0.2) is 59.1 Å². The van der Waals surface area contributed by atoms with Gasteiger partial charge in [-0.15, -0.1) is 0 Å². The molecule has 0 atom stereocenters.